The molecule has 0 spiro atoms. The highest BCUT2D eigenvalue weighted by Gasteiger charge is 2.07. The number of sulfonamides is 1. The van der Waals surface area contributed by atoms with Crippen molar-refractivity contribution in [3.8, 4) is 0 Å². The van der Waals surface area contributed by atoms with Gasteiger partial charge >= 0.3 is 0 Å². The molecule has 0 aromatic heterocycles. The Labute approximate surface area is 106 Å². The first-order chi connectivity index (χ1) is 8.29. The first-order valence-electron chi connectivity index (χ1n) is 5.43. The maximum absolute atomic E-state index is 11.3. The molecule has 0 aliphatic carbocycles. The molecule has 0 saturated heterocycles. The third kappa shape index (κ3) is 4.82. The smallest absolute Gasteiger partial charge is 0.238 e. The van der Waals surface area contributed by atoms with E-state index in [9.17, 15) is 13.2 Å². The number of benzene rings is 1. The minimum Gasteiger partial charge on any atom is -0.352 e. The first kappa shape index (κ1) is 14.6. The van der Waals surface area contributed by atoms with Crippen LogP contribution in [0.4, 0.5) is 0 Å². The molecule has 18 heavy (non-hydrogen) atoms. The summed E-state index contributed by atoms with van der Waals surface area (Å²) in [5.74, 6) is -0.138. The molecule has 0 bridgehead atoms. The number of hydrogen-bond donors (Lipinski definition) is 3. The van der Waals surface area contributed by atoms with Crippen molar-refractivity contribution in [1.82, 2.24) is 5.32 Å². The summed E-state index contributed by atoms with van der Waals surface area (Å²) in [6.07, 6.45) is 0.259. The molecule has 1 aromatic carbocycles. The summed E-state index contributed by atoms with van der Waals surface area (Å²) in [6.45, 7) is 2.08. The van der Waals surface area contributed by atoms with Crippen LogP contribution in [0.3, 0.4) is 0 Å². The number of carbonyl (C=O) groups excluding carboxylic acids is 1. The SMILES string of the molecule is CC(N)CC(=O)NCc1ccc(S(N)(=O)=O)cc1. The van der Waals surface area contributed by atoms with Gasteiger partial charge in [0, 0.05) is 19.0 Å². The molecular formula is C11H17N3O3S. The van der Waals surface area contributed by atoms with Gasteiger partial charge in [0.1, 0.15) is 0 Å². The van der Waals surface area contributed by atoms with Crippen molar-refractivity contribution in [2.24, 2.45) is 10.9 Å². The highest BCUT2D eigenvalue weighted by atomic mass is 32.2. The second-order valence-corrected chi connectivity index (χ2v) is 5.71. The summed E-state index contributed by atoms with van der Waals surface area (Å²) in [5.41, 5.74) is 6.28. The highest BCUT2D eigenvalue weighted by molar-refractivity contribution is 7.89. The lowest BCUT2D eigenvalue weighted by atomic mass is 10.2. The molecule has 0 radical (unpaired) electrons. The molecule has 100 valence electrons. The molecule has 5 N–H and O–H groups in total. The zero-order valence-electron chi connectivity index (χ0n) is 10.1. The lowest BCUT2D eigenvalue weighted by molar-refractivity contribution is -0.121. The fourth-order valence-corrected chi connectivity index (χ4v) is 1.88. The number of carbonyl (C=O) groups is 1. The van der Waals surface area contributed by atoms with Crippen molar-refractivity contribution in [2.45, 2.75) is 30.8 Å². The fraction of sp³-hybridized carbons (Fsp3) is 0.364. The van der Waals surface area contributed by atoms with Crippen LogP contribution < -0.4 is 16.2 Å². The van der Waals surface area contributed by atoms with Gasteiger partial charge in [0.2, 0.25) is 15.9 Å². The molecule has 0 heterocycles. The Kier molecular flexibility index (Phi) is 4.83. The van der Waals surface area contributed by atoms with Crippen LogP contribution in [0.1, 0.15) is 18.9 Å². The number of nitrogens with two attached hydrogens (primary N) is 2. The molecule has 0 fully saturated rings. The number of hydrogen-bond acceptors (Lipinski definition) is 4. The van der Waals surface area contributed by atoms with E-state index in [1.807, 2.05) is 0 Å². The van der Waals surface area contributed by atoms with E-state index in [1.54, 1.807) is 19.1 Å². The van der Waals surface area contributed by atoms with E-state index in [0.717, 1.165) is 5.56 Å². The molecule has 1 unspecified atom stereocenters. The van der Waals surface area contributed by atoms with Crippen LogP contribution in [-0.4, -0.2) is 20.4 Å². The molecule has 6 nitrogen and oxygen atoms in total. The largest absolute Gasteiger partial charge is 0.352 e. The van der Waals surface area contributed by atoms with Crippen LogP contribution in [0.25, 0.3) is 0 Å². The Morgan fingerprint density at radius 2 is 1.89 bits per heavy atom. The van der Waals surface area contributed by atoms with Crippen LogP contribution in [0, 0.1) is 0 Å². The maximum Gasteiger partial charge on any atom is 0.238 e. The minimum atomic E-state index is -3.67. The molecule has 1 aromatic rings. The number of amides is 1. The van der Waals surface area contributed by atoms with Gasteiger partial charge in [0.05, 0.1) is 4.90 Å². The molecular weight excluding hydrogens is 254 g/mol. The van der Waals surface area contributed by atoms with E-state index in [1.165, 1.54) is 12.1 Å². The average Bonchev–Trinajstić information content (AvgIpc) is 2.25. The predicted octanol–water partition coefficient (Wildman–Crippen LogP) is -0.312. The van der Waals surface area contributed by atoms with Crippen molar-refractivity contribution in [3.05, 3.63) is 29.8 Å². The molecule has 1 rings (SSSR count). The summed E-state index contributed by atoms with van der Waals surface area (Å²) in [4.78, 5) is 11.4. The summed E-state index contributed by atoms with van der Waals surface area (Å²) in [5, 5.41) is 7.66. The quantitative estimate of drug-likeness (QED) is 0.681. The Balaban J connectivity index is 2.57. The minimum absolute atomic E-state index is 0.0492. The standard InChI is InChI=1S/C11H17N3O3S/c1-8(12)6-11(15)14-7-9-2-4-10(5-3-9)18(13,16)17/h2-5,8H,6-7,12H2,1H3,(H,14,15)(H2,13,16,17). The Morgan fingerprint density at radius 3 is 2.33 bits per heavy atom. The van der Waals surface area contributed by atoms with Crippen LogP contribution in [-0.2, 0) is 21.4 Å². The molecule has 1 atom stereocenters. The second kappa shape index (κ2) is 5.94. The van der Waals surface area contributed by atoms with Gasteiger partial charge in [0.25, 0.3) is 0 Å². The highest BCUT2D eigenvalue weighted by Crippen LogP contribution is 2.08. The Hall–Kier alpha value is -1.44. The van der Waals surface area contributed by atoms with Gasteiger partial charge in [-0.3, -0.25) is 4.79 Å². The first-order valence-corrected chi connectivity index (χ1v) is 6.97. The van der Waals surface area contributed by atoms with E-state index in [-0.39, 0.29) is 23.3 Å². The van der Waals surface area contributed by atoms with Crippen LogP contribution >= 0.6 is 0 Å². The zero-order chi connectivity index (χ0) is 13.8. The van der Waals surface area contributed by atoms with E-state index in [4.69, 9.17) is 10.9 Å². The van der Waals surface area contributed by atoms with Gasteiger partial charge in [-0.05, 0) is 24.6 Å². The maximum atomic E-state index is 11.3. The van der Waals surface area contributed by atoms with Gasteiger partial charge in [-0.25, -0.2) is 13.6 Å². The molecule has 0 saturated carbocycles. The number of nitrogens with one attached hydrogen (secondary N) is 1. The van der Waals surface area contributed by atoms with Crippen LogP contribution in [0.5, 0.6) is 0 Å². The van der Waals surface area contributed by atoms with Crippen molar-refractivity contribution in [3.63, 3.8) is 0 Å². The van der Waals surface area contributed by atoms with Gasteiger partial charge < -0.3 is 11.1 Å². The van der Waals surface area contributed by atoms with Gasteiger partial charge in [0.15, 0.2) is 0 Å². The number of rotatable bonds is 5. The zero-order valence-corrected chi connectivity index (χ0v) is 10.9. The van der Waals surface area contributed by atoms with E-state index in [0.29, 0.717) is 6.54 Å². The van der Waals surface area contributed by atoms with Crippen molar-refractivity contribution in [2.75, 3.05) is 0 Å². The van der Waals surface area contributed by atoms with Crippen LogP contribution in [0.2, 0.25) is 0 Å². The fourth-order valence-electron chi connectivity index (χ4n) is 1.36. The molecule has 0 aliphatic heterocycles. The Bertz CT molecular complexity index is 509. The summed E-state index contributed by atoms with van der Waals surface area (Å²) < 4.78 is 22.1. The van der Waals surface area contributed by atoms with E-state index >= 15 is 0 Å². The third-order valence-corrected chi connectivity index (χ3v) is 3.18. The van der Waals surface area contributed by atoms with Gasteiger partial charge in [-0.2, -0.15) is 0 Å². The lowest BCUT2D eigenvalue weighted by Gasteiger charge is -2.07. The van der Waals surface area contributed by atoms with E-state index < -0.39 is 10.0 Å². The normalized spacial score (nSPS) is 13.1. The monoisotopic (exact) mass is 271 g/mol. The topological polar surface area (TPSA) is 115 Å². The van der Waals surface area contributed by atoms with Crippen molar-refractivity contribution in [1.29, 1.82) is 0 Å². The summed E-state index contributed by atoms with van der Waals surface area (Å²) >= 11 is 0. The lowest BCUT2D eigenvalue weighted by Crippen LogP contribution is -2.29. The summed E-state index contributed by atoms with van der Waals surface area (Å²) in [7, 11) is -3.67. The average molecular weight is 271 g/mol. The second-order valence-electron chi connectivity index (χ2n) is 4.15. The van der Waals surface area contributed by atoms with Crippen LogP contribution in [0.15, 0.2) is 29.2 Å². The molecule has 1 amide bonds. The molecule has 0 aliphatic rings. The van der Waals surface area contributed by atoms with Crippen molar-refractivity contribution >= 4 is 15.9 Å². The number of primary sulfonamides is 1. The summed E-state index contributed by atoms with van der Waals surface area (Å²) in [6, 6.07) is 5.83. The third-order valence-electron chi connectivity index (χ3n) is 2.25. The van der Waals surface area contributed by atoms with Crippen molar-refractivity contribution < 1.29 is 13.2 Å². The Morgan fingerprint density at radius 1 is 1.33 bits per heavy atom. The van der Waals surface area contributed by atoms with Gasteiger partial charge in [-0.1, -0.05) is 12.1 Å². The molecule has 7 heteroatoms. The predicted molar refractivity (Wildman–Crippen MR) is 67.9 cm³/mol. The van der Waals surface area contributed by atoms with E-state index in [2.05, 4.69) is 5.32 Å². The van der Waals surface area contributed by atoms with Gasteiger partial charge in [-0.15, -0.1) is 0 Å².